The third-order valence-electron chi connectivity index (χ3n) is 4.58. The maximum atomic E-state index is 14.8. The average Bonchev–Trinajstić information content (AvgIpc) is 3.20. The lowest BCUT2D eigenvalue weighted by atomic mass is 10.2. The van der Waals surface area contributed by atoms with Crippen LogP contribution in [0, 0.1) is 28.5 Å². The van der Waals surface area contributed by atoms with Gasteiger partial charge in [-0.1, -0.05) is 30.3 Å². The van der Waals surface area contributed by atoms with E-state index in [9.17, 15) is 14.4 Å². The Morgan fingerprint density at radius 1 is 1.17 bits per heavy atom. The Bertz CT molecular complexity index is 1010. The maximum absolute atomic E-state index is 14.8. The van der Waals surface area contributed by atoms with Gasteiger partial charge in [-0.15, -0.1) is 0 Å². The largest absolute Gasteiger partial charge is 0.444 e. The molecule has 0 radical (unpaired) electrons. The van der Waals surface area contributed by atoms with E-state index in [4.69, 9.17) is 10.00 Å². The molecule has 6 nitrogen and oxygen atoms in total. The standard InChI is InChI=1S/C22H19FN4O2/c23-19-13-18(26-22(28)29-15-16-5-2-1-3-6-16)9-10-21(19)27(12-11-24)20-8-4-7-17(20)14-25/h1-3,5-6,9-10,13H,4,7-8,12,15H2,(H,26,28). The van der Waals surface area contributed by atoms with Gasteiger partial charge in [0.1, 0.15) is 19.0 Å². The maximum Gasteiger partial charge on any atom is 0.411 e. The molecule has 1 aliphatic carbocycles. The third-order valence-corrected chi connectivity index (χ3v) is 4.58. The molecule has 3 rings (SSSR count). The predicted molar refractivity (Wildman–Crippen MR) is 106 cm³/mol. The third kappa shape index (κ3) is 4.91. The molecule has 2 aromatic rings. The van der Waals surface area contributed by atoms with Crippen molar-refractivity contribution in [2.75, 3.05) is 16.8 Å². The van der Waals surface area contributed by atoms with E-state index >= 15 is 0 Å². The molecule has 0 aromatic heterocycles. The van der Waals surface area contributed by atoms with E-state index in [0.29, 0.717) is 24.1 Å². The number of rotatable bonds is 6. The summed E-state index contributed by atoms with van der Waals surface area (Å²) in [6, 6.07) is 17.6. The molecule has 146 valence electrons. The first kappa shape index (κ1) is 19.9. The summed E-state index contributed by atoms with van der Waals surface area (Å²) in [5, 5.41) is 20.9. The van der Waals surface area contributed by atoms with E-state index in [0.717, 1.165) is 12.0 Å². The second kappa shape index (κ2) is 9.38. The molecule has 0 atom stereocenters. The van der Waals surface area contributed by atoms with E-state index in [2.05, 4.69) is 11.4 Å². The molecule has 0 saturated carbocycles. The molecule has 0 spiro atoms. The van der Waals surface area contributed by atoms with E-state index in [1.165, 1.54) is 23.1 Å². The fraction of sp³-hybridized carbons (Fsp3) is 0.227. The number of allylic oxidation sites excluding steroid dienone is 2. The van der Waals surface area contributed by atoms with Crippen molar-refractivity contribution in [2.24, 2.45) is 0 Å². The molecule has 29 heavy (non-hydrogen) atoms. The Hall–Kier alpha value is -3.84. The van der Waals surface area contributed by atoms with Crippen LogP contribution in [-0.4, -0.2) is 12.6 Å². The van der Waals surface area contributed by atoms with Crippen molar-refractivity contribution in [1.29, 1.82) is 10.5 Å². The van der Waals surface area contributed by atoms with Gasteiger partial charge in [0.2, 0.25) is 0 Å². The van der Waals surface area contributed by atoms with E-state index < -0.39 is 11.9 Å². The number of nitrogens with zero attached hydrogens (tertiary/aromatic N) is 3. The molecule has 1 amide bonds. The van der Waals surface area contributed by atoms with Crippen LogP contribution in [0.3, 0.4) is 0 Å². The second-order valence-corrected chi connectivity index (χ2v) is 6.49. The van der Waals surface area contributed by atoms with Crippen LogP contribution in [0.15, 0.2) is 59.8 Å². The number of nitrogens with one attached hydrogen (secondary N) is 1. The number of anilines is 2. The van der Waals surface area contributed by atoms with Crippen molar-refractivity contribution >= 4 is 17.5 Å². The number of nitriles is 2. The number of carbonyl (C=O) groups excluding carboxylic acids is 1. The number of hydrogen-bond donors (Lipinski definition) is 1. The molecule has 0 bridgehead atoms. The predicted octanol–water partition coefficient (Wildman–Crippen LogP) is 4.87. The topological polar surface area (TPSA) is 89.2 Å². The van der Waals surface area contributed by atoms with Gasteiger partial charge in [0, 0.05) is 17.0 Å². The second-order valence-electron chi connectivity index (χ2n) is 6.49. The summed E-state index contributed by atoms with van der Waals surface area (Å²) >= 11 is 0. The summed E-state index contributed by atoms with van der Waals surface area (Å²) in [4.78, 5) is 13.5. The minimum absolute atomic E-state index is 0.0661. The van der Waals surface area contributed by atoms with Gasteiger partial charge in [0.05, 0.1) is 17.8 Å². The minimum Gasteiger partial charge on any atom is -0.444 e. The van der Waals surface area contributed by atoms with Crippen LogP contribution < -0.4 is 10.2 Å². The summed E-state index contributed by atoms with van der Waals surface area (Å²) in [5.41, 5.74) is 2.53. The van der Waals surface area contributed by atoms with Crippen molar-refractivity contribution in [1.82, 2.24) is 0 Å². The molecule has 0 aliphatic heterocycles. The van der Waals surface area contributed by atoms with Gasteiger partial charge in [0.15, 0.2) is 0 Å². The lowest BCUT2D eigenvalue weighted by Crippen LogP contribution is -2.24. The van der Waals surface area contributed by atoms with Crippen LogP contribution in [-0.2, 0) is 11.3 Å². The van der Waals surface area contributed by atoms with Crippen molar-refractivity contribution in [3.05, 3.63) is 71.2 Å². The van der Waals surface area contributed by atoms with Gasteiger partial charge in [0.25, 0.3) is 0 Å². The van der Waals surface area contributed by atoms with Crippen LogP contribution in [0.1, 0.15) is 24.8 Å². The van der Waals surface area contributed by atoms with Crippen molar-refractivity contribution < 1.29 is 13.9 Å². The quantitative estimate of drug-likeness (QED) is 0.711. The molecule has 1 N–H and O–H groups in total. The molecule has 0 unspecified atom stereocenters. The van der Waals surface area contributed by atoms with Crippen LogP contribution in [0.4, 0.5) is 20.6 Å². The fourth-order valence-electron chi connectivity index (χ4n) is 3.22. The van der Waals surface area contributed by atoms with Gasteiger partial charge in [-0.25, -0.2) is 9.18 Å². The Balaban J connectivity index is 1.71. The zero-order valence-corrected chi connectivity index (χ0v) is 15.7. The fourth-order valence-corrected chi connectivity index (χ4v) is 3.22. The lowest BCUT2D eigenvalue weighted by Gasteiger charge is -2.24. The Labute approximate surface area is 168 Å². The first-order valence-corrected chi connectivity index (χ1v) is 9.16. The highest BCUT2D eigenvalue weighted by atomic mass is 19.1. The summed E-state index contributed by atoms with van der Waals surface area (Å²) in [7, 11) is 0. The van der Waals surface area contributed by atoms with E-state index in [1.807, 2.05) is 36.4 Å². The molecule has 1 aliphatic rings. The van der Waals surface area contributed by atoms with Gasteiger partial charge >= 0.3 is 6.09 Å². The van der Waals surface area contributed by atoms with Gasteiger partial charge < -0.3 is 9.64 Å². The lowest BCUT2D eigenvalue weighted by molar-refractivity contribution is 0.155. The van der Waals surface area contributed by atoms with Crippen LogP contribution >= 0.6 is 0 Å². The zero-order valence-electron chi connectivity index (χ0n) is 15.7. The summed E-state index contributed by atoms with van der Waals surface area (Å²) in [6.45, 7) is 0.0393. The number of carbonyl (C=O) groups is 1. The first-order chi connectivity index (χ1) is 14.1. The highest BCUT2D eigenvalue weighted by Crippen LogP contribution is 2.34. The molecule has 0 saturated heterocycles. The van der Waals surface area contributed by atoms with Gasteiger partial charge in [-0.05, 0) is 43.0 Å². The molecular formula is C22H19FN4O2. The molecule has 2 aromatic carbocycles. The number of halogens is 1. The summed E-state index contributed by atoms with van der Waals surface area (Å²) < 4.78 is 19.9. The monoisotopic (exact) mass is 390 g/mol. The average molecular weight is 390 g/mol. The summed E-state index contributed by atoms with van der Waals surface area (Å²) in [5.74, 6) is -0.599. The van der Waals surface area contributed by atoms with Crippen LogP contribution in [0.5, 0.6) is 0 Å². The van der Waals surface area contributed by atoms with Crippen molar-refractivity contribution in [3.8, 4) is 12.1 Å². The highest BCUT2D eigenvalue weighted by molar-refractivity contribution is 5.85. The molecular weight excluding hydrogens is 371 g/mol. The summed E-state index contributed by atoms with van der Waals surface area (Å²) in [6.07, 6.45) is 1.35. The van der Waals surface area contributed by atoms with E-state index in [-0.39, 0.29) is 24.5 Å². The van der Waals surface area contributed by atoms with Gasteiger partial charge in [-0.2, -0.15) is 10.5 Å². The number of ether oxygens (including phenoxy) is 1. The first-order valence-electron chi connectivity index (χ1n) is 9.16. The Kier molecular flexibility index (Phi) is 6.44. The van der Waals surface area contributed by atoms with Crippen LogP contribution in [0.25, 0.3) is 0 Å². The van der Waals surface area contributed by atoms with Crippen LogP contribution in [0.2, 0.25) is 0 Å². The smallest absolute Gasteiger partial charge is 0.411 e. The number of amides is 1. The minimum atomic E-state index is -0.694. The van der Waals surface area contributed by atoms with E-state index in [1.54, 1.807) is 0 Å². The number of hydrogen-bond acceptors (Lipinski definition) is 5. The highest BCUT2D eigenvalue weighted by Gasteiger charge is 2.23. The Morgan fingerprint density at radius 3 is 2.66 bits per heavy atom. The molecule has 0 heterocycles. The van der Waals surface area contributed by atoms with Gasteiger partial charge in [-0.3, -0.25) is 5.32 Å². The normalized spacial score (nSPS) is 12.8. The Morgan fingerprint density at radius 2 is 1.97 bits per heavy atom. The molecule has 0 fully saturated rings. The SMILES string of the molecule is N#CCN(C1=C(C#N)CCC1)c1ccc(NC(=O)OCc2ccccc2)cc1F. The van der Waals surface area contributed by atoms with Crippen molar-refractivity contribution in [3.63, 3.8) is 0 Å². The zero-order chi connectivity index (χ0) is 20.6. The number of benzene rings is 2. The van der Waals surface area contributed by atoms with Crippen molar-refractivity contribution in [2.45, 2.75) is 25.9 Å². The molecule has 7 heteroatoms.